The molecular formula is C21H27N5S. The van der Waals surface area contributed by atoms with Crippen molar-refractivity contribution in [3.05, 3.63) is 66.1 Å². The molecule has 0 saturated heterocycles. The molecule has 0 amide bonds. The van der Waals surface area contributed by atoms with Gasteiger partial charge in [-0.25, -0.2) is 4.98 Å². The highest BCUT2D eigenvalue weighted by Gasteiger charge is 2.07. The van der Waals surface area contributed by atoms with Crippen LogP contribution in [0.25, 0.3) is 5.65 Å². The van der Waals surface area contributed by atoms with E-state index in [4.69, 9.17) is 4.99 Å². The van der Waals surface area contributed by atoms with E-state index in [0.29, 0.717) is 6.54 Å². The summed E-state index contributed by atoms with van der Waals surface area (Å²) < 4.78 is 2.05. The van der Waals surface area contributed by atoms with Crippen molar-refractivity contribution in [3.63, 3.8) is 0 Å². The van der Waals surface area contributed by atoms with Gasteiger partial charge in [-0.05, 0) is 43.0 Å². The third kappa shape index (κ3) is 5.26. The summed E-state index contributed by atoms with van der Waals surface area (Å²) in [6.07, 6.45) is 7.02. The van der Waals surface area contributed by atoms with E-state index < -0.39 is 0 Å². The number of hydrogen-bond donors (Lipinski definition) is 1. The van der Waals surface area contributed by atoms with Gasteiger partial charge in [0.05, 0.1) is 5.69 Å². The molecule has 1 N–H and O–H groups in total. The number of hydrogen-bond acceptors (Lipinski definition) is 3. The molecule has 0 saturated carbocycles. The molecular weight excluding hydrogens is 354 g/mol. The van der Waals surface area contributed by atoms with Crippen molar-refractivity contribution in [1.82, 2.24) is 19.6 Å². The summed E-state index contributed by atoms with van der Waals surface area (Å²) in [7, 11) is 2.08. The van der Waals surface area contributed by atoms with Gasteiger partial charge in [-0.15, -0.1) is 11.8 Å². The number of imidazole rings is 1. The van der Waals surface area contributed by atoms with Crippen LogP contribution in [-0.2, 0) is 13.0 Å². The molecule has 0 bridgehead atoms. The van der Waals surface area contributed by atoms with Crippen LogP contribution < -0.4 is 5.32 Å². The Morgan fingerprint density at radius 2 is 2.04 bits per heavy atom. The lowest BCUT2D eigenvalue weighted by molar-refractivity contribution is 0.477. The van der Waals surface area contributed by atoms with Crippen LogP contribution in [0.1, 0.15) is 18.2 Å². The molecule has 0 radical (unpaired) electrons. The summed E-state index contributed by atoms with van der Waals surface area (Å²) >= 11 is 1.76. The van der Waals surface area contributed by atoms with E-state index in [-0.39, 0.29) is 0 Å². The fourth-order valence-electron chi connectivity index (χ4n) is 2.93. The predicted molar refractivity (Wildman–Crippen MR) is 115 cm³/mol. The molecule has 3 aromatic rings. The maximum absolute atomic E-state index is 4.79. The highest BCUT2D eigenvalue weighted by molar-refractivity contribution is 7.98. The van der Waals surface area contributed by atoms with Crippen molar-refractivity contribution in [2.24, 2.45) is 4.99 Å². The maximum Gasteiger partial charge on any atom is 0.193 e. The minimum Gasteiger partial charge on any atom is -0.357 e. The Morgan fingerprint density at radius 3 is 2.74 bits per heavy atom. The molecule has 1 aromatic carbocycles. The molecule has 0 fully saturated rings. The van der Waals surface area contributed by atoms with Gasteiger partial charge in [0.1, 0.15) is 5.65 Å². The molecule has 0 unspecified atom stereocenters. The zero-order valence-electron chi connectivity index (χ0n) is 16.2. The van der Waals surface area contributed by atoms with Crippen molar-refractivity contribution in [1.29, 1.82) is 0 Å². The van der Waals surface area contributed by atoms with Crippen molar-refractivity contribution >= 4 is 23.4 Å². The Balaban J connectivity index is 1.62. The first-order chi connectivity index (χ1) is 13.2. The number of aliphatic imine (C=N–C) groups is 1. The van der Waals surface area contributed by atoms with E-state index in [1.807, 2.05) is 24.4 Å². The average molecular weight is 382 g/mol. The smallest absolute Gasteiger partial charge is 0.193 e. The van der Waals surface area contributed by atoms with Gasteiger partial charge in [0.2, 0.25) is 0 Å². The van der Waals surface area contributed by atoms with Crippen LogP contribution in [0.5, 0.6) is 0 Å². The normalized spacial score (nSPS) is 11.7. The lowest BCUT2D eigenvalue weighted by Crippen LogP contribution is -2.38. The highest BCUT2D eigenvalue weighted by Crippen LogP contribution is 2.15. The first-order valence-electron chi connectivity index (χ1n) is 9.24. The molecule has 27 heavy (non-hydrogen) atoms. The van der Waals surface area contributed by atoms with Crippen molar-refractivity contribution in [3.8, 4) is 0 Å². The third-order valence-electron chi connectivity index (χ3n) is 4.32. The summed E-state index contributed by atoms with van der Waals surface area (Å²) in [5, 5.41) is 3.38. The van der Waals surface area contributed by atoms with Gasteiger partial charge in [0, 0.05) is 50.4 Å². The quantitative estimate of drug-likeness (QED) is 0.385. The third-order valence-corrected chi connectivity index (χ3v) is 5.06. The SMILES string of the molecule is CCNC(=NCCc1cn2ccccc2n1)N(C)Cc1ccc(SC)cc1. The van der Waals surface area contributed by atoms with Gasteiger partial charge in [0.15, 0.2) is 5.96 Å². The molecule has 6 heteroatoms. The summed E-state index contributed by atoms with van der Waals surface area (Å²) in [5.41, 5.74) is 3.33. The van der Waals surface area contributed by atoms with Gasteiger partial charge in [-0.1, -0.05) is 18.2 Å². The molecule has 3 rings (SSSR count). The topological polar surface area (TPSA) is 44.9 Å². The van der Waals surface area contributed by atoms with E-state index in [1.54, 1.807) is 11.8 Å². The molecule has 5 nitrogen and oxygen atoms in total. The number of aromatic nitrogens is 2. The molecule has 142 valence electrons. The largest absolute Gasteiger partial charge is 0.357 e. The van der Waals surface area contributed by atoms with E-state index in [9.17, 15) is 0 Å². The predicted octanol–water partition coefficient (Wildman–Crippen LogP) is 3.70. The van der Waals surface area contributed by atoms with Crippen LogP contribution in [0.3, 0.4) is 0 Å². The fraction of sp³-hybridized carbons (Fsp3) is 0.333. The van der Waals surface area contributed by atoms with Gasteiger partial charge in [0.25, 0.3) is 0 Å². The first kappa shape index (κ1) is 19.3. The fourth-order valence-corrected chi connectivity index (χ4v) is 3.34. The summed E-state index contributed by atoms with van der Waals surface area (Å²) in [5.74, 6) is 0.926. The zero-order valence-corrected chi connectivity index (χ0v) is 17.0. The van der Waals surface area contributed by atoms with Crippen LogP contribution in [0, 0.1) is 0 Å². The Labute approximate surface area is 165 Å². The number of rotatable bonds is 7. The number of benzene rings is 1. The minimum atomic E-state index is 0.710. The summed E-state index contributed by atoms with van der Waals surface area (Å²) in [4.78, 5) is 12.9. The van der Waals surface area contributed by atoms with E-state index in [1.165, 1.54) is 10.5 Å². The molecule has 0 aliphatic heterocycles. The average Bonchev–Trinajstić information content (AvgIpc) is 3.10. The Kier molecular flexibility index (Phi) is 6.76. The second-order valence-corrected chi connectivity index (χ2v) is 7.27. The van der Waals surface area contributed by atoms with Crippen LogP contribution in [0.15, 0.2) is 64.7 Å². The van der Waals surface area contributed by atoms with Crippen molar-refractivity contribution < 1.29 is 0 Å². The second-order valence-electron chi connectivity index (χ2n) is 6.39. The van der Waals surface area contributed by atoms with Gasteiger partial charge in [-0.3, -0.25) is 4.99 Å². The maximum atomic E-state index is 4.79. The number of guanidine groups is 1. The van der Waals surface area contributed by atoms with Gasteiger partial charge < -0.3 is 14.6 Å². The van der Waals surface area contributed by atoms with E-state index in [2.05, 4.69) is 70.3 Å². The number of pyridine rings is 1. The monoisotopic (exact) mass is 381 g/mol. The Hall–Kier alpha value is -2.47. The van der Waals surface area contributed by atoms with Crippen molar-refractivity contribution in [2.75, 3.05) is 26.4 Å². The summed E-state index contributed by atoms with van der Waals surface area (Å²) in [6, 6.07) is 14.7. The molecule has 0 atom stereocenters. The molecule has 0 aliphatic carbocycles. The summed E-state index contributed by atoms with van der Waals surface area (Å²) in [6.45, 7) is 4.48. The lowest BCUT2D eigenvalue weighted by atomic mass is 10.2. The van der Waals surface area contributed by atoms with Crippen LogP contribution in [0.4, 0.5) is 0 Å². The molecule has 0 spiro atoms. The zero-order chi connectivity index (χ0) is 19.1. The molecule has 0 aliphatic rings. The van der Waals surface area contributed by atoms with Crippen LogP contribution in [0.2, 0.25) is 0 Å². The Morgan fingerprint density at radius 1 is 1.22 bits per heavy atom. The lowest BCUT2D eigenvalue weighted by Gasteiger charge is -2.22. The highest BCUT2D eigenvalue weighted by atomic mass is 32.2. The van der Waals surface area contributed by atoms with Crippen molar-refractivity contribution in [2.45, 2.75) is 24.8 Å². The van der Waals surface area contributed by atoms with Gasteiger partial charge in [-0.2, -0.15) is 0 Å². The number of thioether (sulfide) groups is 1. The number of fused-ring (bicyclic) bond motifs is 1. The number of nitrogens with one attached hydrogen (secondary N) is 1. The van der Waals surface area contributed by atoms with Gasteiger partial charge >= 0.3 is 0 Å². The van der Waals surface area contributed by atoms with E-state index in [0.717, 1.165) is 36.8 Å². The number of nitrogens with zero attached hydrogens (tertiary/aromatic N) is 4. The molecule has 2 aromatic heterocycles. The minimum absolute atomic E-state index is 0.710. The second kappa shape index (κ2) is 9.46. The Bertz CT molecular complexity index is 852. The first-order valence-corrected chi connectivity index (χ1v) is 10.5. The van der Waals surface area contributed by atoms with E-state index >= 15 is 0 Å². The van der Waals surface area contributed by atoms with Crippen LogP contribution in [-0.4, -0.2) is 46.6 Å². The van der Waals surface area contributed by atoms with Crippen LogP contribution >= 0.6 is 11.8 Å². The molecule has 2 heterocycles. The standard InChI is InChI=1S/C21H27N5S/c1-4-22-21(25(2)15-17-8-10-19(27-3)11-9-17)23-13-12-18-16-26-14-6-5-7-20(26)24-18/h5-11,14,16H,4,12-13,15H2,1-3H3,(H,22,23).